The van der Waals surface area contributed by atoms with Crippen LogP contribution in [0.3, 0.4) is 0 Å². The Labute approximate surface area is 167 Å². The lowest BCUT2D eigenvalue weighted by atomic mass is 10.00. The minimum absolute atomic E-state index is 0.389. The third-order valence-corrected chi connectivity index (χ3v) is 4.99. The van der Waals surface area contributed by atoms with Gasteiger partial charge in [-0.3, -0.25) is 9.56 Å². The second-order valence-corrected chi connectivity index (χ2v) is 6.88. The van der Waals surface area contributed by atoms with Gasteiger partial charge in [0.15, 0.2) is 11.6 Å². The fraction of sp³-hybridized carbons (Fsp3) is 0.150. The second kappa shape index (κ2) is 7.64. The summed E-state index contributed by atoms with van der Waals surface area (Å²) in [5.74, 6) is 1.56. The van der Waals surface area contributed by atoms with Gasteiger partial charge in [0.25, 0.3) is 0 Å². The van der Waals surface area contributed by atoms with Crippen molar-refractivity contribution < 1.29 is 0 Å². The van der Waals surface area contributed by atoms with Gasteiger partial charge >= 0.3 is 0 Å². The molecule has 0 saturated carbocycles. The average Bonchev–Trinajstić information content (AvgIpc) is 2.99. The number of nitrogens with one attached hydrogen (secondary N) is 1. The van der Waals surface area contributed by atoms with E-state index >= 15 is 0 Å². The van der Waals surface area contributed by atoms with Crippen LogP contribution in [0, 0.1) is 0 Å². The van der Waals surface area contributed by atoms with Crippen LogP contribution < -0.4 is 5.32 Å². The third kappa shape index (κ3) is 3.30. The summed E-state index contributed by atoms with van der Waals surface area (Å²) in [6, 6.07) is 13.4. The minimum atomic E-state index is 0.389. The molecule has 0 bridgehead atoms. The minimum Gasteiger partial charge on any atom is -0.306 e. The first-order valence-corrected chi connectivity index (χ1v) is 9.29. The number of fused-ring (bicyclic) bond motifs is 3. The number of benzene rings is 2. The molecule has 0 aliphatic carbocycles. The van der Waals surface area contributed by atoms with Gasteiger partial charge in [0.2, 0.25) is 0 Å². The van der Waals surface area contributed by atoms with Crippen molar-refractivity contribution in [2.45, 2.75) is 13.1 Å². The van der Waals surface area contributed by atoms with Gasteiger partial charge in [0.1, 0.15) is 6.54 Å². The number of halogens is 2. The van der Waals surface area contributed by atoms with Gasteiger partial charge in [0, 0.05) is 22.7 Å². The largest absolute Gasteiger partial charge is 0.306 e. The van der Waals surface area contributed by atoms with Crippen molar-refractivity contribution in [1.29, 1.82) is 0 Å². The maximum Gasteiger partial charge on any atom is 0.159 e. The monoisotopic (exact) mass is 397 g/mol. The van der Waals surface area contributed by atoms with E-state index in [1.807, 2.05) is 53.1 Å². The maximum absolute atomic E-state index is 6.62. The molecule has 136 valence electrons. The van der Waals surface area contributed by atoms with Crippen LogP contribution in [0.1, 0.15) is 22.8 Å². The lowest BCUT2D eigenvalue weighted by Gasteiger charge is -2.15. The Morgan fingerprint density at radius 3 is 2.70 bits per heavy atom. The number of aliphatic imine (C=N–C) groups is 1. The van der Waals surface area contributed by atoms with Crippen molar-refractivity contribution in [2.75, 3.05) is 6.54 Å². The summed E-state index contributed by atoms with van der Waals surface area (Å²) < 4.78 is 2.02. The SMILES string of the molecule is C=CCNCc1nnc2n1-c1cccc(Cl)c1C(c1ccccc1Cl)=NC2. The molecule has 0 unspecified atom stereocenters. The highest BCUT2D eigenvalue weighted by Crippen LogP contribution is 2.32. The summed E-state index contributed by atoms with van der Waals surface area (Å²) in [5, 5.41) is 13.2. The van der Waals surface area contributed by atoms with E-state index in [4.69, 9.17) is 28.2 Å². The van der Waals surface area contributed by atoms with Crippen molar-refractivity contribution in [3.8, 4) is 5.69 Å². The molecule has 0 radical (unpaired) electrons. The molecule has 1 aliphatic rings. The average molecular weight is 398 g/mol. The molecule has 5 nitrogen and oxygen atoms in total. The fourth-order valence-electron chi connectivity index (χ4n) is 3.17. The standard InChI is InChI=1S/C20H17Cl2N5/c1-2-10-23-11-17-25-26-18-12-24-20(13-6-3-4-7-14(13)21)19-15(22)8-5-9-16(19)27(17)18/h2-9,23H,1,10-12H2. The van der Waals surface area contributed by atoms with Gasteiger partial charge in [-0.1, -0.05) is 53.5 Å². The van der Waals surface area contributed by atoms with Gasteiger partial charge < -0.3 is 5.32 Å². The Morgan fingerprint density at radius 2 is 1.89 bits per heavy atom. The zero-order valence-electron chi connectivity index (χ0n) is 14.5. The molecule has 0 saturated heterocycles. The Kier molecular flexibility index (Phi) is 5.07. The van der Waals surface area contributed by atoms with E-state index in [9.17, 15) is 0 Å². The first kappa shape index (κ1) is 17.9. The summed E-state index contributed by atoms with van der Waals surface area (Å²) in [5.41, 5.74) is 3.33. The lowest BCUT2D eigenvalue weighted by Crippen LogP contribution is -2.18. The van der Waals surface area contributed by atoms with Gasteiger partial charge in [-0.05, 0) is 18.2 Å². The molecule has 27 heavy (non-hydrogen) atoms. The molecule has 2 heterocycles. The zero-order chi connectivity index (χ0) is 18.8. The number of nitrogens with zero attached hydrogens (tertiary/aromatic N) is 4. The molecule has 1 aliphatic heterocycles. The normalized spacial score (nSPS) is 12.7. The number of aromatic nitrogens is 3. The van der Waals surface area contributed by atoms with Crippen LogP contribution in [0.25, 0.3) is 5.69 Å². The predicted octanol–water partition coefficient (Wildman–Crippen LogP) is 4.20. The summed E-state index contributed by atoms with van der Waals surface area (Å²) in [6.45, 7) is 5.36. The molecule has 0 spiro atoms. The summed E-state index contributed by atoms with van der Waals surface area (Å²) in [6.07, 6.45) is 1.81. The van der Waals surface area contributed by atoms with Crippen molar-refractivity contribution in [1.82, 2.24) is 20.1 Å². The molecule has 7 heteroatoms. The first-order chi connectivity index (χ1) is 13.2. The molecular weight excluding hydrogens is 381 g/mol. The third-order valence-electron chi connectivity index (χ3n) is 4.35. The Morgan fingerprint density at radius 1 is 1.07 bits per heavy atom. The Bertz CT molecular complexity index is 1040. The van der Waals surface area contributed by atoms with Crippen molar-refractivity contribution in [2.24, 2.45) is 4.99 Å². The van der Waals surface area contributed by atoms with Crippen LogP contribution in [-0.2, 0) is 13.1 Å². The summed E-state index contributed by atoms with van der Waals surface area (Å²) in [7, 11) is 0. The van der Waals surface area contributed by atoms with Crippen LogP contribution in [0.15, 0.2) is 60.1 Å². The van der Waals surface area contributed by atoms with E-state index in [1.54, 1.807) is 0 Å². The highest BCUT2D eigenvalue weighted by atomic mass is 35.5. The van der Waals surface area contributed by atoms with Gasteiger partial charge in [-0.2, -0.15) is 0 Å². The van der Waals surface area contributed by atoms with Gasteiger partial charge in [0.05, 0.1) is 23.0 Å². The number of hydrogen-bond donors (Lipinski definition) is 1. The van der Waals surface area contributed by atoms with Crippen LogP contribution in [0.5, 0.6) is 0 Å². The van der Waals surface area contributed by atoms with E-state index in [0.29, 0.717) is 29.7 Å². The van der Waals surface area contributed by atoms with Crippen LogP contribution in [0.2, 0.25) is 10.0 Å². The lowest BCUT2D eigenvalue weighted by molar-refractivity contribution is 0.696. The van der Waals surface area contributed by atoms with Gasteiger partial charge in [-0.15, -0.1) is 16.8 Å². The van der Waals surface area contributed by atoms with E-state index in [1.165, 1.54) is 0 Å². The Balaban J connectivity index is 1.89. The van der Waals surface area contributed by atoms with Crippen molar-refractivity contribution >= 4 is 28.9 Å². The summed E-state index contributed by atoms with van der Waals surface area (Å²) >= 11 is 13.1. The fourth-order valence-corrected chi connectivity index (χ4v) is 3.65. The van der Waals surface area contributed by atoms with Crippen molar-refractivity contribution in [3.63, 3.8) is 0 Å². The zero-order valence-corrected chi connectivity index (χ0v) is 16.0. The van der Waals surface area contributed by atoms with Crippen LogP contribution in [-0.4, -0.2) is 27.0 Å². The van der Waals surface area contributed by atoms with E-state index < -0.39 is 0 Å². The molecule has 0 fully saturated rings. The first-order valence-electron chi connectivity index (χ1n) is 8.54. The summed E-state index contributed by atoms with van der Waals surface area (Å²) in [4.78, 5) is 4.80. The smallest absolute Gasteiger partial charge is 0.159 e. The second-order valence-electron chi connectivity index (χ2n) is 6.07. The molecule has 1 aromatic heterocycles. The number of hydrogen-bond acceptors (Lipinski definition) is 4. The van der Waals surface area contributed by atoms with E-state index in [2.05, 4.69) is 22.1 Å². The molecule has 1 N–H and O–H groups in total. The molecule has 4 rings (SSSR count). The van der Waals surface area contributed by atoms with Gasteiger partial charge in [-0.25, -0.2) is 0 Å². The van der Waals surface area contributed by atoms with Crippen LogP contribution >= 0.6 is 23.2 Å². The topological polar surface area (TPSA) is 55.1 Å². The molecule has 3 aromatic rings. The molecule has 0 amide bonds. The Hall–Kier alpha value is -2.47. The van der Waals surface area contributed by atoms with E-state index in [0.717, 1.165) is 34.2 Å². The number of rotatable bonds is 5. The molecule has 0 atom stereocenters. The predicted molar refractivity (Wildman–Crippen MR) is 109 cm³/mol. The highest BCUT2D eigenvalue weighted by molar-refractivity contribution is 6.39. The quantitative estimate of drug-likeness (QED) is 0.518. The molecular formula is C20H17Cl2N5. The van der Waals surface area contributed by atoms with Crippen LogP contribution in [0.4, 0.5) is 0 Å². The van der Waals surface area contributed by atoms with Crippen molar-refractivity contribution in [3.05, 3.63) is 87.9 Å². The highest BCUT2D eigenvalue weighted by Gasteiger charge is 2.25. The van der Waals surface area contributed by atoms with E-state index in [-0.39, 0.29) is 0 Å². The molecule has 2 aromatic carbocycles. The maximum atomic E-state index is 6.62.